The number of hydrogen-bond donors (Lipinski definition) is 1. The Hall–Kier alpha value is -1.71. The molecule has 1 aromatic carbocycles. The van der Waals surface area contributed by atoms with E-state index in [-0.39, 0.29) is 5.91 Å². The minimum Gasteiger partial charge on any atom is -0.322 e. The van der Waals surface area contributed by atoms with E-state index < -0.39 is 5.41 Å². The predicted octanol–water partition coefficient (Wildman–Crippen LogP) is 3.22. The lowest BCUT2D eigenvalue weighted by Crippen LogP contribution is -2.31. The van der Waals surface area contributed by atoms with Crippen LogP contribution in [0.3, 0.4) is 0 Å². The van der Waals surface area contributed by atoms with E-state index in [2.05, 4.69) is 14.1 Å². The van der Waals surface area contributed by atoms with Crippen LogP contribution in [0.4, 0.5) is 5.69 Å². The summed E-state index contributed by atoms with van der Waals surface area (Å²) in [6.07, 6.45) is 0.415. The maximum absolute atomic E-state index is 12.2. The van der Waals surface area contributed by atoms with Gasteiger partial charge < -0.3 is 5.32 Å². The number of fused-ring (bicyclic) bond motifs is 1. The Morgan fingerprint density at radius 1 is 1.58 bits per heavy atom. The summed E-state index contributed by atoms with van der Waals surface area (Å²) in [6.45, 7) is 3.38. The standard InChI is InChI=1S/C12H11ClN4OS/c1-3-12(2,6-14)11(18)15-9-7(13)4-5-8-10(9)17-19-16-8/h4-5H,3H2,1-2H3,(H,15,18). The molecule has 2 aromatic rings. The summed E-state index contributed by atoms with van der Waals surface area (Å²) in [7, 11) is 0. The number of nitrogens with one attached hydrogen (secondary N) is 1. The summed E-state index contributed by atoms with van der Waals surface area (Å²) in [6, 6.07) is 5.41. The van der Waals surface area contributed by atoms with Crippen molar-refractivity contribution in [2.24, 2.45) is 5.41 Å². The van der Waals surface area contributed by atoms with Gasteiger partial charge in [0.2, 0.25) is 5.91 Å². The number of rotatable bonds is 3. The van der Waals surface area contributed by atoms with Gasteiger partial charge in [-0.3, -0.25) is 4.79 Å². The number of nitrogens with zero attached hydrogens (tertiary/aromatic N) is 3. The van der Waals surface area contributed by atoms with Crippen molar-refractivity contribution in [3.05, 3.63) is 17.2 Å². The SMILES string of the molecule is CCC(C)(C#N)C(=O)Nc1c(Cl)ccc2nsnc12. The minimum absolute atomic E-state index is 0.380. The average molecular weight is 295 g/mol. The van der Waals surface area contributed by atoms with E-state index in [9.17, 15) is 4.79 Å². The molecule has 2 rings (SSSR count). The van der Waals surface area contributed by atoms with E-state index in [4.69, 9.17) is 16.9 Å². The minimum atomic E-state index is -1.09. The van der Waals surface area contributed by atoms with E-state index in [1.165, 1.54) is 0 Å². The van der Waals surface area contributed by atoms with Gasteiger partial charge in [-0.2, -0.15) is 14.0 Å². The highest BCUT2D eigenvalue weighted by Gasteiger charge is 2.32. The quantitative estimate of drug-likeness (QED) is 0.942. The van der Waals surface area contributed by atoms with E-state index in [1.807, 2.05) is 6.07 Å². The van der Waals surface area contributed by atoms with Crippen molar-refractivity contribution >= 4 is 46.0 Å². The van der Waals surface area contributed by atoms with Gasteiger partial charge in [-0.25, -0.2) is 0 Å². The zero-order valence-corrected chi connectivity index (χ0v) is 12.0. The number of nitriles is 1. The average Bonchev–Trinajstić information content (AvgIpc) is 2.89. The highest BCUT2D eigenvalue weighted by molar-refractivity contribution is 7.00. The number of carbonyl (C=O) groups is 1. The van der Waals surface area contributed by atoms with Crippen LogP contribution < -0.4 is 5.32 Å². The molecule has 0 aliphatic rings. The molecule has 98 valence electrons. The summed E-state index contributed by atoms with van der Waals surface area (Å²) < 4.78 is 8.20. The van der Waals surface area contributed by atoms with E-state index in [0.717, 1.165) is 11.7 Å². The van der Waals surface area contributed by atoms with Gasteiger partial charge in [-0.15, -0.1) is 0 Å². The largest absolute Gasteiger partial charge is 0.322 e. The molecular formula is C12H11ClN4OS. The molecule has 1 amide bonds. The predicted molar refractivity (Wildman–Crippen MR) is 75.1 cm³/mol. The van der Waals surface area contributed by atoms with E-state index >= 15 is 0 Å². The monoisotopic (exact) mass is 294 g/mol. The normalized spacial score (nSPS) is 13.8. The van der Waals surface area contributed by atoms with Gasteiger partial charge in [-0.05, 0) is 25.5 Å². The Labute approximate surface area is 119 Å². The maximum atomic E-state index is 12.2. The molecular weight excluding hydrogens is 284 g/mol. The van der Waals surface area contributed by atoms with Crippen LogP contribution in [-0.2, 0) is 4.79 Å². The molecule has 0 bridgehead atoms. The van der Waals surface area contributed by atoms with Gasteiger partial charge in [0.05, 0.1) is 28.5 Å². The van der Waals surface area contributed by atoms with Crippen LogP contribution in [-0.4, -0.2) is 14.7 Å². The topological polar surface area (TPSA) is 78.7 Å². The second-order valence-electron chi connectivity index (χ2n) is 4.31. The molecule has 1 unspecified atom stereocenters. The highest BCUT2D eigenvalue weighted by Crippen LogP contribution is 2.32. The number of amides is 1. The van der Waals surface area contributed by atoms with Gasteiger partial charge >= 0.3 is 0 Å². The molecule has 0 aliphatic carbocycles. The molecule has 19 heavy (non-hydrogen) atoms. The lowest BCUT2D eigenvalue weighted by Gasteiger charge is -2.19. The van der Waals surface area contributed by atoms with Crippen molar-refractivity contribution in [2.45, 2.75) is 20.3 Å². The second kappa shape index (κ2) is 5.11. The molecule has 1 atom stereocenters. The molecule has 0 aliphatic heterocycles. The summed E-state index contributed by atoms with van der Waals surface area (Å²) in [5.74, 6) is -0.389. The smallest absolute Gasteiger partial charge is 0.244 e. The molecule has 0 fully saturated rings. The Morgan fingerprint density at radius 2 is 2.32 bits per heavy atom. The van der Waals surface area contributed by atoms with Crippen molar-refractivity contribution < 1.29 is 4.79 Å². The van der Waals surface area contributed by atoms with Crippen molar-refractivity contribution in [2.75, 3.05) is 5.32 Å². The fourth-order valence-electron chi connectivity index (χ4n) is 1.49. The zero-order chi connectivity index (χ0) is 14.0. The Kier molecular flexibility index (Phi) is 3.69. The number of benzene rings is 1. The van der Waals surface area contributed by atoms with Gasteiger partial charge in [-0.1, -0.05) is 18.5 Å². The Morgan fingerprint density at radius 3 is 2.95 bits per heavy atom. The fourth-order valence-corrected chi connectivity index (χ4v) is 2.23. The number of aromatic nitrogens is 2. The molecule has 1 heterocycles. The first-order valence-corrected chi connectivity index (χ1v) is 6.76. The summed E-state index contributed by atoms with van der Waals surface area (Å²) in [5, 5.41) is 12.2. The van der Waals surface area contributed by atoms with Crippen molar-refractivity contribution in [1.29, 1.82) is 5.26 Å². The van der Waals surface area contributed by atoms with E-state index in [1.54, 1.807) is 26.0 Å². The highest BCUT2D eigenvalue weighted by atomic mass is 35.5. The lowest BCUT2D eigenvalue weighted by atomic mass is 9.88. The third-order valence-corrected chi connectivity index (χ3v) is 3.93. The maximum Gasteiger partial charge on any atom is 0.244 e. The van der Waals surface area contributed by atoms with Crippen molar-refractivity contribution in [3.63, 3.8) is 0 Å². The summed E-state index contributed by atoms with van der Waals surface area (Å²) >= 11 is 7.13. The first-order chi connectivity index (χ1) is 9.01. The first-order valence-electron chi connectivity index (χ1n) is 5.65. The van der Waals surface area contributed by atoms with Crippen LogP contribution in [0, 0.1) is 16.7 Å². The van der Waals surface area contributed by atoms with Crippen LogP contribution >= 0.6 is 23.3 Å². The lowest BCUT2D eigenvalue weighted by molar-refractivity contribution is -0.122. The summed E-state index contributed by atoms with van der Waals surface area (Å²) in [5.41, 5.74) is 0.532. The molecule has 5 nitrogen and oxygen atoms in total. The van der Waals surface area contributed by atoms with Crippen molar-refractivity contribution in [3.8, 4) is 6.07 Å². The molecule has 7 heteroatoms. The van der Waals surface area contributed by atoms with Gasteiger partial charge in [0, 0.05) is 0 Å². The van der Waals surface area contributed by atoms with Crippen LogP contribution in [0.5, 0.6) is 0 Å². The summed E-state index contributed by atoms with van der Waals surface area (Å²) in [4.78, 5) is 12.2. The third-order valence-electron chi connectivity index (χ3n) is 3.07. The number of halogens is 1. The zero-order valence-electron chi connectivity index (χ0n) is 10.4. The first kappa shape index (κ1) is 13.7. The van der Waals surface area contributed by atoms with Crippen LogP contribution in [0.2, 0.25) is 5.02 Å². The number of anilines is 1. The molecule has 0 saturated heterocycles. The molecule has 0 spiro atoms. The van der Waals surface area contributed by atoms with Crippen LogP contribution in [0.15, 0.2) is 12.1 Å². The van der Waals surface area contributed by atoms with E-state index in [0.29, 0.717) is 28.2 Å². The van der Waals surface area contributed by atoms with Crippen molar-refractivity contribution in [1.82, 2.24) is 8.75 Å². The molecule has 1 aromatic heterocycles. The van der Waals surface area contributed by atoms with Crippen LogP contribution in [0.1, 0.15) is 20.3 Å². The molecule has 1 N–H and O–H groups in total. The van der Waals surface area contributed by atoms with Gasteiger partial charge in [0.25, 0.3) is 0 Å². The molecule has 0 saturated carbocycles. The van der Waals surface area contributed by atoms with Gasteiger partial charge in [0.1, 0.15) is 16.4 Å². The van der Waals surface area contributed by atoms with Crippen LogP contribution in [0.25, 0.3) is 11.0 Å². The fraction of sp³-hybridized carbons (Fsp3) is 0.333. The third kappa shape index (κ3) is 2.39. The molecule has 0 radical (unpaired) electrons. The van der Waals surface area contributed by atoms with Gasteiger partial charge in [0.15, 0.2) is 0 Å². The Balaban J connectivity index is 2.42. The number of carbonyl (C=O) groups excluding carboxylic acids is 1. The Bertz CT molecular complexity index is 678. The number of hydrogen-bond acceptors (Lipinski definition) is 5. The second-order valence-corrected chi connectivity index (χ2v) is 5.24.